The van der Waals surface area contributed by atoms with E-state index in [9.17, 15) is 4.79 Å². The molecular formula is C8H17NO3. The summed E-state index contributed by atoms with van der Waals surface area (Å²) in [6, 6.07) is 0. The Morgan fingerprint density at radius 1 is 1.58 bits per heavy atom. The third-order valence-electron chi connectivity index (χ3n) is 1.94. The molecule has 0 radical (unpaired) electrons. The number of rotatable bonds is 5. The van der Waals surface area contributed by atoms with Crippen molar-refractivity contribution in [2.75, 3.05) is 7.11 Å². The van der Waals surface area contributed by atoms with E-state index >= 15 is 0 Å². The number of esters is 1. The predicted molar refractivity (Wildman–Crippen MR) is 45.1 cm³/mol. The first kappa shape index (κ1) is 11.4. The predicted octanol–water partition coefficient (Wildman–Crippen LogP) is 0.854. The Bertz CT molecular complexity index is 138. The molecule has 0 spiro atoms. The Labute approximate surface area is 73.0 Å². The van der Waals surface area contributed by atoms with E-state index in [0.717, 1.165) is 6.42 Å². The highest BCUT2D eigenvalue weighted by atomic mass is 16.6. The summed E-state index contributed by atoms with van der Waals surface area (Å²) in [5, 5.41) is 0. The van der Waals surface area contributed by atoms with Gasteiger partial charge in [-0.1, -0.05) is 20.3 Å². The summed E-state index contributed by atoms with van der Waals surface area (Å²) >= 11 is 0. The van der Waals surface area contributed by atoms with Gasteiger partial charge in [-0.25, -0.2) is 10.7 Å². The molecule has 2 N–H and O–H groups in total. The van der Waals surface area contributed by atoms with Gasteiger partial charge in [0.1, 0.15) is 0 Å². The van der Waals surface area contributed by atoms with Gasteiger partial charge in [0.15, 0.2) is 6.10 Å². The van der Waals surface area contributed by atoms with Gasteiger partial charge in [-0.15, -0.1) is 0 Å². The molecular weight excluding hydrogens is 158 g/mol. The molecule has 4 heteroatoms. The van der Waals surface area contributed by atoms with Crippen molar-refractivity contribution in [2.45, 2.75) is 32.8 Å². The molecule has 0 bridgehead atoms. The minimum absolute atomic E-state index is 0.405. The van der Waals surface area contributed by atoms with Crippen LogP contribution in [-0.2, 0) is 14.4 Å². The molecule has 0 unspecified atom stereocenters. The van der Waals surface area contributed by atoms with Crippen LogP contribution in [0.15, 0.2) is 0 Å². The second-order valence-corrected chi connectivity index (χ2v) is 2.90. The molecule has 0 aliphatic carbocycles. The molecule has 0 aliphatic heterocycles. The summed E-state index contributed by atoms with van der Waals surface area (Å²) in [7, 11) is 1.32. The van der Waals surface area contributed by atoms with Crippen molar-refractivity contribution in [1.29, 1.82) is 0 Å². The van der Waals surface area contributed by atoms with E-state index in [0.29, 0.717) is 12.3 Å². The summed E-state index contributed by atoms with van der Waals surface area (Å²) in [6.45, 7) is 4.09. The molecule has 12 heavy (non-hydrogen) atoms. The third kappa shape index (κ3) is 3.69. The van der Waals surface area contributed by atoms with Crippen molar-refractivity contribution >= 4 is 5.97 Å². The molecule has 72 valence electrons. The number of ether oxygens (including phenoxy) is 1. The van der Waals surface area contributed by atoms with Crippen molar-refractivity contribution in [2.24, 2.45) is 11.8 Å². The minimum Gasteiger partial charge on any atom is -0.467 e. The zero-order chi connectivity index (χ0) is 9.56. The van der Waals surface area contributed by atoms with Crippen LogP contribution in [0.4, 0.5) is 0 Å². The molecule has 0 aromatic carbocycles. The second kappa shape index (κ2) is 5.97. The number of carbonyl (C=O) groups excluding carboxylic acids is 1. The van der Waals surface area contributed by atoms with Crippen molar-refractivity contribution in [3.05, 3.63) is 0 Å². The largest absolute Gasteiger partial charge is 0.467 e. The van der Waals surface area contributed by atoms with Gasteiger partial charge in [0.2, 0.25) is 0 Å². The van der Waals surface area contributed by atoms with Crippen LogP contribution in [0, 0.1) is 5.92 Å². The Morgan fingerprint density at radius 2 is 2.17 bits per heavy atom. The summed E-state index contributed by atoms with van der Waals surface area (Å²) < 4.78 is 4.50. The number of hydrogen-bond acceptors (Lipinski definition) is 4. The molecule has 0 aromatic heterocycles. The van der Waals surface area contributed by atoms with Gasteiger partial charge in [0.05, 0.1) is 7.11 Å². The number of carbonyl (C=O) groups is 1. The van der Waals surface area contributed by atoms with Crippen LogP contribution in [0.1, 0.15) is 26.7 Å². The zero-order valence-corrected chi connectivity index (χ0v) is 7.87. The topological polar surface area (TPSA) is 61.5 Å². The number of methoxy groups -OCH3 is 1. The van der Waals surface area contributed by atoms with Crippen LogP contribution < -0.4 is 5.90 Å². The fourth-order valence-electron chi connectivity index (χ4n) is 0.871. The Kier molecular flexibility index (Phi) is 5.66. The van der Waals surface area contributed by atoms with Crippen molar-refractivity contribution in [1.82, 2.24) is 0 Å². The summed E-state index contributed by atoms with van der Waals surface area (Å²) in [5.41, 5.74) is 0. The Hall–Kier alpha value is -0.610. The molecule has 4 nitrogen and oxygen atoms in total. The van der Waals surface area contributed by atoms with E-state index in [1.807, 2.05) is 6.92 Å². The lowest BCUT2D eigenvalue weighted by molar-refractivity contribution is -0.155. The van der Waals surface area contributed by atoms with Gasteiger partial charge >= 0.3 is 5.97 Å². The highest BCUT2D eigenvalue weighted by Crippen LogP contribution is 2.12. The average molecular weight is 175 g/mol. The van der Waals surface area contributed by atoms with E-state index < -0.39 is 12.1 Å². The zero-order valence-electron chi connectivity index (χ0n) is 7.87. The maximum absolute atomic E-state index is 11.0. The Balaban J connectivity index is 3.90. The maximum Gasteiger partial charge on any atom is 0.337 e. The SMILES string of the molecule is CC[C@H](C)C[C@H](ON)C(=O)OC. The van der Waals surface area contributed by atoms with Crippen LogP contribution in [0.5, 0.6) is 0 Å². The van der Waals surface area contributed by atoms with Gasteiger partial charge in [-0.05, 0) is 12.3 Å². The molecule has 0 saturated heterocycles. The normalized spacial score (nSPS) is 15.3. The van der Waals surface area contributed by atoms with Gasteiger partial charge in [0, 0.05) is 0 Å². The molecule has 0 saturated carbocycles. The van der Waals surface area contributed by atoms with Crippen LogP contribution in [-0.4, -0.2) is 19.2 Å². The van der Waals surface area contributed by atoms with Crippen LogP contribution in [0.2, 0.25) is 0 Å². The quantitative estimate of drug-likeness (QED) is 0.497. The van der Waals surface area contributed by atoms with Crippen molar-refractivity contribution in [3.63, 3.8) is 0 Å². The number of hydrogen-bond donors (Lipinski definition) is 1. The standard InChI is InChI=1S/C8H17NO3/c1-4-6(2)5-7(12-9)8(10)11-3/h6-7H,4-5,9H2,1-3H3/t6-,7-/m0/s1. The van der Waals surface area contributed by atoms with E-state index in [1.54, 1.807) is 0 Å². The first-order valence-corrected chi connectivity index (χ1v) is 4.09. The van der Waals surface area contributed by atoms with E-state index in [1.165, 1.54) is 7.11 Å². The monoisotopic (exact) mass is 175 g/mol. The maximum atomic E-state index is 11.0. The summed E-state index contributed by atoms with van der Waals surface area (Å²) in [6.07, 6.45) is 0.987. The Morgan fingerprint density at radius 3 is 2.50 bits per heavy atom. The van der Waals surface area contributed by atoms with Crippen molar-refractivity contribution in [3.8, 4) is 0 Å². The first-order valence-electron chi connectivity index (χ1n) is 4.09. The van der Waals surface area contributed by atoms with Gasteiger partial charge in [-0.3, -0.25) is 4.84 Å². The summed E-state index contributed by atoms with van der Waals surface area (Å²) in [4.78, 5) is 15.5. The lowest BCUT2D eigenvalue weighted by Gasteiger charge is -2.15. The van der Waals surface area contributed by atoms with E-state index in [-0.39, 0.29) is 0 Å². The van der Waals surface area contributed by atoms with Crippen LogP contribution >= 0.6 is 0 Å². The molecule has 2 atom stereocenters. The fraction of sp³-hybridized carbons (Fsp3) is 0.875. The summed E-state index contributed by atoms with van der Waals surface area (Å²) in [5.74, 6) is 4.96. The van der Waals surface area contributed by atoms with E-state index in [4.69, 9.17) is 5.90 Å². The van der Waals surface area contributed by atoms with Crippen LogP contribution in [0.3, 0.4) is 0 Å². The molecule has 0 rings (SSSR count). The molecule has 0 aromatic rings. The van der Waals surface area contributed by atoms with Gasteiger partial charge in [0.25, 0.3) is 0 Å². The highest BCUT2D eigenvalue weighted by molar-refractivity contribution is 5.74. The minimum atomic E-state index is -0.620. The first-order chi connectivity index (χ1) is 5.65. The second-order valence-electron chi connectivity index (χ2n) is 2.90. The molecule has 0 fully saturated rings. The van der Waals surface area contributed by atoms with Crippen molar-refractivity contribution < 1.29 is 14.4 Å². The molecule has 0 heterocycles. The fourth-order valence-corrected chi connectivity index (χ4v) is 0.871. The smallest absolute Gasteiger partial charge is 0.337 e. The average Bonchev–Trinajstić information content (AvgIpc) is 2.12. The third-order valence-corrected chi connectivity index (χ3v) is 1.94. The lowest BCUT2D eigenvalue weighted by Crippen LogP contribution is -2.30. The van der Waals surface area contributed by atoms with Gasteiger partial charge in [-0.2, -0.15) is 0 Å². The molecule has 0 amide bonds. The lowest BCUT2D eigenvalue weighted by atomic mass is 10.0. The highest BCUT2D eigenvalue weighted by Gasteiger charge is 2.20. The molecule has 0 aliphatic rings. The number of nitrogens with two attached hydrogens (primary N) is 1. The van der Waals surface area contributed by atoms with E-state index in [2.05, 4.69) is 16.5 Å². The van der Waals surface area contributed by atoms with Crippen LogP contribution in [0.25, 0.3) is 0 Å². The van der Waals surface area contributed by atoms with Gasteiger partial charge < -0.3 is 4.74 Å².